The Kier molecular flexibility index (Phi) is 5.57. The van der Waals surface area contributed by atoms with Crippen LogP contribution in [0.2, 0.25) is 0 Å². The number of nitriles is 1. The van der Waals surface area contributed by atoms with Gasteiger partial charge in [-0.05, 0) is 42.7 Å². The normalized spacial score (nSPS) is 14.3. The molecule has 0 aliphatic carbocycles. The first-order chi connectivity index (χ1) is 14.2. The van der Waals surface area contributed by atoms with Crippen molar-refractivity contribution in [3.8, 4) is 17.6 Å². The van der Waals surface area contributed by atoms with Crippen LogP contribution in [0.15, 0.2) is 61.2 Å². The fourth-order valence-corrected chi connectivity index (χ4v) is 3.53. The summed E-state index contributed by atoms with van der Waals surface area (Å²) in [5.74, 6) is 1.26. The molecule has 146 valence electrons. The average molecular weight is 386 g/mol. The van der Waals surface area contributed by atoms with E-state index in [1.807, 2.05) is 52.1 Å². The minimum absolute atomic E-state index is 0.152. The molecular weight excluding hydrogens is 364 g/mol. The molecule has 6 heteroatoms. The lowest BCUT2D eigenvalue weighted by Gasteiger charge is -2.21. The van der Waals surface area contributed by atoms with Crippen molar-refractivity contribution in [3.05, 3.63) is 72.3 Å². The molecule has 4 rings (SSSR count). The summed E-state index contributed by atoms with van der Waals surface area (Å²) in [6.07, 6.45) is 8.98. The van der Waals surface area contributed by atoms with Gasteiger partial charge >= 0.3 is 0 Å². The summed E-state index contributed by atoms with van der Waals surface area (Å²) in [5.41, 5.74) is 2.31. The Bertz CT molecular complexity index is 1040. The molecule has 0 atom stereocenters. The molecule has 2 heterocycles. The highest BCUT2D eigenvalue weighted by atomic mass is 16.5. The molecule has 0 spiro atoms. The van der Waals surface area contributed by atoms with Crippen LogP contribution in [0.1, 0.15) is 36.8 Å². The van der Waals surface area contributed by atoms with Crippen molar-refractivity contribution in [2.75, 3.05) is 11.4 Å². The third kappa shape index (κ3) is 4.46. The highest BCUT2D eigenvalue weighted by molar-refractivity contribution is 5.93. The van der Waals surface area contributed by atoms with Gasteiger partial charge in [0.1, 0.15) is 17.6 Å². The second-order valence-electron chi connectivity index (χ2n) is 7.13. The quantitative estimate of drug-likeness (QED) is 0.647. The molecule has 0 bridgehead atoms. The van der Waals surface area contributed by atoms with Gasteiger partial charge in [-0.15, -0.1) is 0 Å². The third-order valence-corrected chi connectivity index (χ3v) is 5.02. The van der Waals surface area contributed by atoms with E-state index >= 15 is 0 Å². The molecule has 2 aromatic carbocycles. The van der Waals surface area contributed by atoms with Gasteiger partial charge in [0.2, 0.25) is 5.91 Å². The Morgan fingerprint density at radius 2 is 2.07 bits per heavy atom. The summed E-state index contributed by atoms with van der Waals surface area (Å²) in [6.45, 7) is 1.37. The minimum Gasteiger partial charge on any atom is -0.456 e. The van der Waals surface area contributed by atoms with Gasteiger partial charge in [0.15, 0.2) is 0 Å². The fourth-order valence-electron chi connectivity index (χ4n) is 3.53. The van der Waals surface area contributed by atoms with Crippen molar-refractivity contribution in [1.82, 2.24) is 9.55 Å². The number of amides is 1. The first-order valence-corrected chi connectivity index (χ1v) is 9.80. The molecule has 1 saturated heterocycles. The zero-order valence-electron chi connectivity index (χ0n) is 16.1. The number of rotatable bonds is 5. The maximum absolute atomic E-state index is 12.4. The molecule has 1 aromatic heterocycles. The zero-order valence-corrected chi connectivity index (χ0v) is 16.1. The van der Waals surface area contributed by atoms with Crippen LogP contribution < -0.4 is 9.64 Å². The van der Waals surface area contributed by atoms with Crippen LogP contribution in [0.4, 0.5) is 5.69 Å². The Morgan fingerprint density at radius 3 is 2.90 bits per heavy atom. The monoisotopic (exact) mass is 386 g/mol. The Balaban J connectivity index is 1.58. The molecule has 1 amide bonds. The number of imidazole rings is 1. The van der Waals surface area contributed by atoms with Gasteiger partial charge in [-0.25, -0.2) is 4.98 Å². The van der Waals surface area contributed by atoms with Crippen LogP contribution in [0.3, 0.4) is 0 Å². The Morgan fingerprint density at radius 1 is 1.14 bits per heavy atom. The first kappa shape index (κ1) is 18.8. The molecule has 1 aliphatic rings. The van der Waals surface area contributed by atoms with E-state index in [9.17, 15) is 10.1 Å². The SMILES string of the molecule is N#Cc1ccc(Cn2ccnc2)cc1Oc1cccc(N2CCCCCC2=O)c1. The lowest BCUT2D eigenvalue weighted by atomic mass is 10.1. The van der Waals surface area contributed by atoms with E-state index in [0.29, 0.717) is 30.0 Å². The first-order valence-electron chi connectivity index (χ1n) is 9.80. The second kappa shape index (κ2) is 8.61. The summed E-state index contributed by atoms with van der Waals surface area (Å²) in [5, 5.41) is 9.47. The standard InChI is InChI=1S/C23H22N4O2/c24-15-19-9-8-18(16-26-12-10-25-17-26)13-22(19)29-21-6-4-5-20(14-21)27-11-3-1-2-7-23(27)28/h4-6,8-10,12-14,17H,1-3,7,11,16H2. The van der Waals surface area contributed by atoms with Crippen molar-refractivity contribution in [1.29, 1.82) is 5.26 Å². The van der Waals surface area contributed by atoms with Crippen molar-refractivity contribution in [2.45, 2.75) is 32.2 Å². The van der Waals surface area contributed by atoms with Gasteiger partial charge < -0.3 is 14.2 Å². The van der Waals surface area contributed by atoms with Crippen LogP contribution in [-0.2, 0) is 11.3 Å². The number of anilines is 1. The summed E-state index contributed by atoms with van der Waals surface area (Å²) in [4.78, 5) is 18.3. The van der Waals surface area contributed by atoms with E-state index in [1.165, 1.54) is 0 Å². The lowest BCUT2D eigenvalue weighted by molar-refractivity contribution is -0.118. The van der Waals surface area contributed by atoms with Crippen LogP contribution in [0.5, 0.6) is 11.5 Å². The summed E-state index contributed by atoms with van der Waals surface area (Å²) >= 11 is 0. The van der Waals surface area contributed by atoms with Gasteiger partial charge in [-0.3, -0.25) is 4.79 Å². The highest BCUT2D eigenvalue weighted by Crippen LogP contribution is 2.30. The number of hydrogen-bond acceptors (Lipinski definition) is 4. The van der Waals surface area contributed by atoms with Crippen LogP contribution in [-0.4, -0.2) is 22.0 Å². The zero-order chi connectivity index (χ0) is 20.1. The number of benzene rings is 2. The molecule has 29 heavy (non-hydrogen) atoms. The van der Waals surface area contributed by atoms with E-state index in [-0.39, 0.29) is 5.91 Å². The van der Waals surface area contributed by atoms with Crippen LogP contribution in [0.25, 0.3) is 0 Å². The third-order valence-electron chi connectivity index (χ3n) is 5.02. The number of ether oxygens (including phenoxy) is 1. The van der Waals surface area contributed by atoms with Crippen molar-refractivity contribution >= 4 is 11.6 Å². The maximum atomic E-state index is 12.4. The van der Waals surface area contributed by atoms with Gasteiger partial charge in [0.05, 0.1) is 11.9 Å². The topological polar surface area (TPSA) is 71.2 Å². The summed E-state index contributed by atoms with van der Waals surface area (Å²) in [6, 6.07) is 15.3. The number of carbonyl (C=O) groups excluding carboxylic acids is 1. The summed E-state index contributed by atoms with van der Waals surface area (Å²) < 4.78 is 8.03. The van der Waals surface area contributed by atoms with Crippen LogP contribution in [0, 0.1) is 11.3 Å². The largest absolute Gasteiger partial charge is 0.456 e. The van der Waals surface area contributed by atoms with Crippen molar-refractivity contribution < 1.29 is 9.53 Å². The van der Waals surface area contributed by atoms with E-state index < -0.39 is 0 Å². The molecule has 1 fully saturated rings. The smallest absolute Gasteiger partial charge is 0.226 e. The van der Waals surface area contributed by atoms with Crippen LogP contribution >= 0.6 is 0 Å². The van der Waals surface area contributed by atoms with Gasteiger partial charge in [0, 0.05) is 43.7 Å². The van der Waals surface area contributed by atoms with E-state index in [2.05, 4.69) is 11.1 Å². The van der Waals surface area contributed by atoms with Crippen molar-refractivity contribution in [2.24, 2.45) is 0 Å². The highest BCUT2D eigenvalue weighted by Gasteiger charge is 2.18. The molecule has 0 N–H and O–H groups in total. The predicted octanol–water partition coefficient (Wildman–Crippen LogP) is 4.50. The number of carbonyl (C=O) groups is 1. The summed E-state index contributed by atoms with van der Waals surface area (Å²) in [7, 11) is 0. The predicted molar refractivity (Wildman–Crippen MR) is 110 cm³/mol. The second-order valence-corrected chi connectivity index (χ2v) is 7.13. The number of hydrogen-bond donors (Lipinski definition) is 0. The van der Waals surface area contributed by atoms with Gasteiger partial charge in [-0.2, -0.15) is 5.26 Å². The molecule has 1 aliphatic heterocycles. The van der Waals surface area contributed by atoms with Gasteiger partial charge in [-0.1, -0.05) is 18.6 Å². The molecular formula is C23H22N4O2. The molecule has 0 unspecified atom stereocenters. The maximum Gasteiger partial charge on any atom is 0.226 e. The Hall–Kier alpha value is -3.59. The van der Waals surface area contributed by atoms with Crippen molar-refractivity contribution in [3.63, 3.8) is 0 Å². The van der Waals surface area contributed by atoms with E-state index in [1.54, 1.807) is 18.6 Å². The lowest BCUT2D eigenvalue weighted by Crippen LogP contribution is -2.29. The molecule has 6 nitrogen and oxygen atoms in total. The van der Waals surface area contributed by atoms with E-state index in [0.717, 1.165) is 37.1 Å². The minimum atomic E-state index is 0.152. The van der Waals surface area contributed by atoms with E-state index in [4.69, 9.17) is 4.74 Å². The fraction of sp³-hybridized carbons (Fsp3) is 0.261. The molecule has 0 radical (unpaired) electrons. The number of aromatic nitrogens is 2. The molecule has 3 aromatic rings. The number of nitrogens with zero attached hydrogens (tertiary/aromatic N) is 4. The average Bonchev–Trinajstić information content (AvgIpc) is 3.14. The van der Waals surface area contributed by atoms with Gasteiger partial charge in [0.25, 0.3) is 0 Å². The molecule has 0 saturated carbocycles. The Labute approximate surface area is 170 Å².